The van der Waals surface area contributed by atoms with Crippen molar-refractivity contribution in [2.24, 2.45) is 5.73 Å². The molecule has 0 radical (unpaired) electrons. The summed E-state index contributed by atoms with van der Waals surface area (Å²) in [6, 6.07) is 7.02. The molecule has 136 valence electrons. The monoisotopic (exact) mass is 364 g/mol. The van der Waals surface area contributed by atoms with Crippen molar-refractivity contribution in [3.8, 4) is 29.0 Å². The lowest BCUT2D eigenvalue weighted by atomic mass is 10.1. The molecule has 1 atom stereocenters. The number of carbonyl (C=O) groups is 1. The van der Waals surface area contributed by atoms with Gasteiger partial charge in [0.1, 0.15) is 35.3 Å². The number of nitrogens with zero attached hydrogens (tertiary/aromatic N) is 3. The molecule has 1 amide bonds. The van der Waals surface area contributed by atoms with Crippen LogP contribution in [-0.2, 0) is 6.54 Å². The average molecular weight is 364 g/mol. The number of aryl methyl sites for hydroxylation is 1. The van der Waals surface area contributed by atoms with Crippen LogP contribution in [0.5, 0.6) is 5.75 Å². The Morgan fingerprint density at radius 2 is 2.26 bits per heavy atom. The number of amides is 1. The van der Waals surface area contributed by atoms with Gasteiger partial charge in [0, 0.05) is 17.8 Å². The van der Waals surface area contributed by atoms with Crippen molar-refractivity contribution >= 4 is 5.91 Å². The number of ether oxygens (including phenoxy) is 1. The van der Waals surface area contributed by atoms with Crippen molar-refractivity contribution in [1.29, 1.82) is 0 Å². The van der Waals surface area contributed by atoms with E-state index in [1.165, 1.54) is 0 Å². The fourth-order valence-corrected chi connectivity index (χ4v) is 2.82. The molecule has 3 N–H and O–H groups in total. The lowest BCUT2D eigenvalue weighted by Gasteiger charge is -2.06. The first-order chi connectivity index (χ1) is 13.0. The third-order valence-corrected chi connectivity index (χ3v) is 4.12. The molecule has 0 spiro atoms. The molecule has 8 heteroatoms. The lowest BCUT2D eigenvalue weighted by Crippen LogP contribution is -2.11. The standard InChI is InChI=1S/C19H16N4O4/c1-11-8-14(22-27-11)16(24)4-2-12-3-5-17-13(9-12)19-21-15(18(20)25)10-23(19)6-7-26-17/h3,5,8-10,16,24H,6-7H2,1H3,(H2,20,25)/t16-/m1/s1. The van der Waals surface area contributed by atoms with Crippen molar-refractivity contribution in [2.45, 2.75) is 19.6 Å². The first kappa shape index (κ1) is 16.9. The van der Waals surface area contributed by atoms with Gasteiger partial charge in [-0.05, 0) is 25.1 Å². The van der Waals surface area contributed by atoms with E-state index in [9.17, 15) is 9.90 Å². The molecule has 4 rings (SSSR count). The Kier molecular flexibility index (Phi) is 4.14. The number of fused-ring (bicyclic) bond motifs is 3. The zero-order valence-electron chi connectivity index (χ0n) is 14.5. The fourth-order valence-electron chi connectivity index (χ4n) is 2.82. The molecule has 1 aromatic carbocycles. The largest absolute Gasteiger partial charge is 0.491 e. The minimum Gasteiger partial charge on any atom is -0.491 e. The Morgan fingerprint density at radius 3 is 3.00 bits per heavy atom. The van der Waals surface area contributed by atoms with E-state index >= 15 is 0 Å². The molecule has 3 aromatic rings. The average Bonchev–Trinajstić information content (AvgIpc) is 3.23. The molecule has 27 heavy (non-hydrogen) atoms. The minimum atomic E-state index is -1.05. The fraction of sp³-hybridized carbons (Fsp3) is 0.211. The number of primary amides is 1. The van der Waals surface area contributed by atoms with Crippen molar-refractivity contribution in [1.82, 2.24) is 14.7 Å². The van der Waals surface area contributed by atoms with Gasteiger partial charge in [0.2, 0.25) is 0 Å². The van der Waals surface area contributed by atoms with Gasteiger partial charge in [-0.2, -0.15) is 0 Å². The second-order valence-electron chi connectivity index (χ2n) is 6.10. The molecule has 0 fully saturated rings. The summed E-state index contributed by atoms with van der Waals surface area (Å²) in [5, 5.41) is 13.9. The minimum absolute atomic E-state index is 0.200. The van der Waals surface area contributed by atoms with Crippen LogP contribution in [0.4, 0.5) is 0 Å². The van der Waals surface area contributed by atoms with Crippen LogP contribution in [0.1, 0.15) is 33.6 Å². The van der Waals surface area contributed by atoms with Crippen molar-refractivity contribution in [3.05, 3.63) is 53.2 Å². The molecular weight excluding hydrogens is 348 g/mol. The van der Waals surface area contributed by atoms with E-state index < -0.39 is 12.0 Å². The number of aromatic nitrogens is 3. The molecule has 0 aliphatic carbocycles. The SMILES string of the molecule is Cc1cc([C@H](O)C#Cc2ccc3c(c2)-c2nc(C(N)=O)cn2CCO3)no1. The zero-order valence-corrected chi connectivity index (χ0v) is 14.5. The van der Waals surface area contributed by atoms with Gasteiger partial charge in [0.25, 0.3) is 5.91 Å². The van der Waals surface area contributed by atoms with E-state index in [4.69, 9.17) is 15.0 Å². The molecule has 1 aliphatic rings. The predicted octanol–water partition coefficient (Wildman–Crippen LogP) is 1.42. The van der Waals surface area contributed by atoms with Crippen LogP contribution in [0.2, 0.25) is 0 Å². The highest BCUT2D eigenvalue weighted by Crippen LogP contribution is 2.32. The van der Waals surface area contributed by atoms with E-state index in [-0.39, 0.29) is 5.69 Å². The summed E-state index contributed by atoms with van der Waals surface area (Å²) >= 11 is 0. The summed E-state index contributed by atoms with van der Waals surface area (Å²) in [5.74, 6) is 6.91. The zero-order chi connectivity index (χ0) is 19.0. The smallest absolute Gasteiger partial charge is 0.268 e. The molecule has 2 aromatic heterocycles. The second-order valence-corrected chi connectivity index (χ2v) is 6.10. The number of rotatable bonds is 2. The number of aliphatic hydroxyl groups is 1. The molecule has 3 heterocycles. The highest BCUT2D eigenvalue weighted by molar-refractivity contribution is 5.91. The Labute approximate surface area is 154 Å². The maximum Gasteiger partial charge on any atom is 0.268 e. The van der Waals surface area contributed by atoms with Gasteiger partial charge in [-0.1, -0.05) is 17.0 Å². The number of hydrogen-bond donors (Lipinski definition) is 2. The summed E-state index contributed by atoms with van der Waals surface area (Å²) in [7, 11) is 0. The van der Waals surface area contributed by atoms with Crippen LogP contribution in [-0.4, -0.2) is 32.3 Å². The first-order valence-electron chi connectivity index (χ1n) is 8.28. The van der Waals surface area contributed by atoms with Crippen LogP contribution in [0.3, 0.4) is 0 Å². The van der Waals surface area contributed by atoms with Crippen LogP contribution in [0.25, 0.3) is 11.4 Å². The Balaban J connectivity index is 1.70. The van der Waals surface area contributed by atoms with E-state index in [2.05, 4.69) is 22.0 Å². The molecule has 0 bridgehead atoms. The quantitative estimate of drug-likeness (QED) is 0.665. The lowest BCUT2D eigenvalue weighted by molar-refractivity contribution is 0.0996. The van der Waals surface area contributed by atoms with Gasteiger partial charge in [-0.15, -0.1) is 0 Å². The number of carbonyl (C=O) groups excluding carboxylic acids is 1. The van der Waals surface area contributed by atoms with E-state index in [0.717, 1.165) is 0 Å². The number of nitrogens with two attached hydrogens (primary N) is 1. The van der Waals surface area contributed by atoms with Crippen LogP contribution in [0, 0.1) is 18.8 Å². The molecule has 0 saturated carbocycles. The summed E-state index contributed by atoms with van der Waals surface area (Å²) in [4.78, 5) is 15.8. The molecule has 0 saturated heterocycles. The number of hydrogen-bond acceptors (Lipinski definition) is 6. The third-order valence-electron chi connectivity index (χ3n) is 4.12. The maximum absolute atomic E-state index is 11.4. The van der Waals surface area contributed by atoms with E-state index in [1.54, 1.807) is 37.4 Å². The van der Waals surface area contributed by atoms with Gasteiger partial charge in [-0.25, -0.2) is 4.98 Å². The highest BCUT2D eigenvalue weighted by Gasteiger charge is 2.20. The topological polar surface area (TPSA) is 116 Å². The first-order valence-corrected chi connectivity index (χ1v) is 8.28. The van der Waals surface area contributed by atoms with Crippen molar-refractivity contribution in [3.63, 3.8) is 0 Å². The van der Waals surface area contributed by atoms with Gasteiger partial charge in [0.15, 0.2) is 6.10 Å². The van der Waals surface area contributed by atoms with Gasteiger partial charge >= 0.3 is 0 Å². The highest BCUT2D eigenvalue weighted by atomic mass is 16.5. The van der Waals surface area contributed by atoms with E-state index in [0.29, 0.717) is 47.3 Å². The normalized spacial score (nSPS) is 13.4. The summed E-state index contributed by atoms with van der Waals surface area (Å²) < 4.78 is 12.5. The van der Waals surface area contributed by atoms with Gasteiger partial charge < -0.3 is 24.7 Å². The molecule has 1 aliphatic heterocycles. The van der Waals surface area contributed by atoms with E-state index in [1.807, 2.05) is 4.57 Å². The van der Waals surface area contributed by atoms with Gasteiger partial charge in [0.05, 0.1) is 12.1 Å². The maximum atomic E-state index is 11.4. The number of benzene rings is 1. The van der Waals surface area contributed by atoms with Gasteiger partial charge in [-0.3, -0.25) is 4.79 Å². The van der Waals surface area contributed by atoms with Crippen LogP contribution in [0.15, 0.2) is 35.0 Å². The Hall–Kier alpha value is -3.57. The van der Waals surface area contributed by atoms with Crippen LogP contribution < -0.4 is 10.5 Å². The molecular formula is C19H16N4O4. The molecule has 8 nitrogen and oxygen atoms in total. The second kappa shape index (κ2) is 6.63. The number of aliphatic hydroxyl groups excluding tert-OH is 1. The Morgan fingerprint density at radius 1 is 1.41 bits per heavy atom. The predicted molar refractivity (Wildman–Crippen MR) is 94.8 cm³/mol. The Bertz CT molecular complexity index is 1090. The van der Waals surface area contributed by atoms with Crippen molar-refractivity contribution < 1.29 is 19.2 Å². The third kappa shape index (κ3) is 3.28. The number of imidazole rings is 1. The summed E-state index contributed by atoms with van der Waals surface area (Å²) in [5.41, 5.74) is 7.27. The molecule has 0 unspecified atom stereocenters. The van der Waals surface area contributed by atoms with Crippen molar-refractivity contribution in [2.75, 3.05) is 6.61 Å². The summed E-state index contributed by atoms with van der Waals surface area (Å²) in [6.07, 6.45) is 0.562. The summed E-state index contributed by atoms with van der Waals surface area (Å²) in [6.45, 7) is 2.74. The van der Waals surface area contributed by atoms with Crippen LogP contribution >= 0.6 is 0 Å².